The molecule has 1 aromatic carbocycles. The van der Waals surface area contributed by atoms with Crippen LogP contribution >= 0.6 is 0 Å². The van der Waals surface area contributed by atoms with Crippen LogP contribution in [0.25, 0.3) is 11.4 Å². The van der Waals surface area contributed by atoms with Crippen LogP contribution in [-0.4, -0.2) is 32.4 Å². The highest BCUT2D eigenvalue weighted by Gasteiger charge is 2.13. The maximum absolute atomic E-state index is 9.87. The van der Waals surface area contributed by atoms with Crippen LogP contribution in [0.5, 0.6) is 11.5 Å². The molecular weight excluding hydrogens is 222 g/mol. The average molecular weight is 231 g/mol. The van der Waals surface area contributed by atoms with Gasteiger partial charge >= 0.3 is 0 Å². The largest absolute Gasteiger partial charge is 0.504 e. The van der Waals surface area contributed by atoms with Crippen LogP contribution < -0.4 is 4.74 Å². The summed E-state index contributed by atoms with van der Waals surface area (Å²) in [5.74, 6) is 0.530. The SMILES string of the molecule is COc1cccc(-c2nnn(CC#N)n2)c1O. The minimum atomic E-state index is -0.0495. The maximum atomic E-state index is 9.87. The van der Waals surface area contributed by atoms with Gasteiger partial charge in [-0.15, -0.1) is 15.0 Å². The van der Waals surface area contributed by atoms with Crippen LogP contribution in [0, 0.1) is 11.3 Å². The van der Waals surface area contributed by atoms with E-state index in [1.165, 1.54) is 7.11 Å². The van der Waals surface area contributed by atoms with Crippen molar-refractivity contribution in [1.82, 2.24) is 20.2 Å². The van der Waals surface area contributed by atoms with E-state index in [0.717, 1.165) is 4.80 Å². The maximum Gasteiger partial charge on any atom is 0.208 e. The molecule has 0 unspecified atom stereocenters. The highest BCUT2D eigenvalue weighted by atomic mass is 16.5. The Bertz CT molecular complexity index is 572. The summed E-state index contributed by atoms with van der Waals surface area (Å²) in [5.41, 5.74) is 0.411. The highest BCUT2D eigenvalue weighted by Crippen LogP contribution is 2.34. The number of phenolic OH excluding ortho intramolecular Hbond substituents is 1. The Balaban J connectivity index is 2.42. The lowest BCUT2D eigenvalue weighted by Gasteiger charge is -2.05. The third kappa shape index (κ3) is 2.01. The fraction of sp³-hybridized carbons (Fsp3) is 0.200. The van der Waals surface area contributed by atoms with Gasteiger partial charge in [-0.2, -0.15) is 5.26 Å². The first kappa shape index (κ1) is 10.9. The van der Waals surface area contributed by atoms with Crippen molar-refractivity contribution in [2.45, 2.75) is 6.54 Å². The average Bonchev–Trinajstić information content (AvgIpc) is 2.78. The van der Waals surface area contributed by atoms with Gasteiger partial charge in [0, 0.05) is 0 Å². The Morgan fingerprint density at radius 2 is 2.35 bits per heavy atom. The second-order valence-electron chi connectivity index (χ2n) is 3.16. The molecule has 2 aromatic rings. The first-order chi connectivity index (χ1) is 8.26. The van der Waals surface area contributed by atoms with Gasteiger partial charge in [-0.25, -0.2) is 0 Å². The van der Waals surface area contributed by atoms with E-state index < -0.39 is 0 Å². The molecule has 0 spiro atoms. The molecule has 0 atom stereocenters. The van der Waals surface area contributed by atoms with Gasteiger partial charge in [0.2, 0.25) is 5.82 Å². The first-order valence-corrected chi connectivity index (χ1v) is 4.77. The number of hydrogen-bond donors (Lipinski definition) is 1. The van der Waals surface area contributed by atoms with E-state index in [4.69, 9.17) is 10.00 Å². The molecule has 0 aliphatic heterocycles. The van der Waals surface area contributed by atoms with Gasteiger partial charge in [0.05, 0.1) is 18.7 Å². The number of aromatic nitrogens is 4. The van der Waals surface area contributed by atoms with Crippen molar-refractivity contribution in [2.24, 2.45) is 0 Å². The summed E-state index contributed by atoms with van der Waals surface area (Å²) in [6.07, 6.45) is 0. The van der Waals surface area contributed by atoms with Gasteiger partial charge in [0.15, 0.2) is 11.5 Å². The Hall–Kier alpha value is -2.62. The number of methoxy groups -OCH3 is 1. The molecule has 0 radical (unpaired) electrons. The normalized spacial score (nSPS) is 9.88. The third-order valence-electron chi connectivity index (χ3n) is 2.12. The van der Waals surface area contributed by atoms with Crippen molar-refractivity contribution in [2.75, 3.05) is 7.11 Å². The molecule has 1 heterocycles. The molecule has 0 saturated carbocycles. The lowest BCUT2D eigenvalue weighted by atomic mass is 10.2. The van der Waals surface area contributed by atoms with Crippen LogP contribution in [0.1, 0.15) is 0 Å². The quantitative estimate of drug-likeness (QED) is 0.829. The zero-order valence-corrected chi connectivity index (χ0v) is 9.03. The van der Waals surface area contributed by atoms with Gasteiger partial charge < -0.3 is 9.84 Å². The van der Waals surface area contributed by atoms with E-state index in [1.807, 2.05) is 6.07 Å². The number of rotatable bonds is 3. The first-order valence-electron chi connectivity index (χ1n) is 4.77. The van der Waals surface area contributed by atoms with E-state index in [-0.39, 0.29) is 18.1 Å². The molecule has 0 aliphatic rings. The van der Waals surface area contributed by atoms with Gasteiger partial charge in [-0.1, -0.05) is 6.07 Å². The zero-order chi connectivity index (χ0) is 12.3. The van der Waals surface area contributed by atoms with Crippen LogP contribution in [0.4, 0.5) is 0 Å². The van der Waals surface area contributed by atoms with Gasteiger partial charge in [0.1, 0.15) is 6.54 Å². The molecule has 7 heteroatoms. The van der Waals surface area contributed by atoms with E-state index in [2.05, 4.69) is 15.4 Å². The molecule has 0 amide bonds. The molecule has 0 aliphatic carbocycles. The van der Waals surface area contributed by atoms with Gasteiger partial charge in [-0.05, 0) is 17.3 Å². The molecule has 0 saturated heterocycles. The summed E-state index contributed by atoms with van der Waals surface area (Å²) < 4.78 is 4.98. The summed E-state index contributed by atoms with van der Waals surface area (Å²) >= 11 is 0. The van der Waals surface area contributed by atoms with Crippen LogP contribution in [0.3, 0.4) is 0 Å². The smallest absolute Gasteiger partial charge is 0.208 e. The molecule has 2 rings (SSSR count). The van der Waals surface area contributed by atoms with E-state index in [0.29, 0.717) is 11.3 Å². The number of para-hydroxylation sites is 1. The number of aromatic hydroxyl groups is 1. The molecule has 1 aromatic heterocycles. The second-order valence-corrected chi connectivity index (χ2v) is 3.16. The van der Waals surface area contributed by atoms with Crippen molar-refractivity contribution in [1.29, 1.82) is 5.26 Å². The summed E-state index contributed by atoms with van der Waals surface area (Å²) in [5, 5.41) is 29.8. The fourth-order valence-corrected chi connectivity index (χ4v) is 1.35. The van der Waals surface area contributed by atoms with E-state index >= 15 is 0 Å². The lowest BCUT2D eigenvalue weighted by molar-refractivity contribution is 0.374. The molecule has 0 fully saturated rings. The predicted octanol–water partition coefficient (Wildman–Crippen LogP) is 0.578. The van der Waals surface area contributed by atoms with Gasteiger partial charge in [-0.3, -0.25) is 0 Å². The number of benzene rings is 1. The molecule has 86 valence electrons. The van der Waals surface area contributed by atoms with Crippen molar-refractivity contribution >= 4 is 0 Å². The van der Waals surface area contributed by atoms with Crippen molar-refractivity contribution in [3.63, 3.8) is 0 Å². The number of nitriles is 1. The highest BCUT2D eigenvalue weighted by molar-refractivity contribution is 5.67. The molecule has 1 N–H and O–H groups in total. The number of ether oxygens (including phenoxy) is 1. The Morgan fingerprint density at radius 3 is 3.06 bits per heavy atom. The second kappa shape index (κ2) is 4.49. The standard InChI is InChI=1S/C10H9N5O2/c1-17-8-4-2-3-7(9(8)16)10-12-14-15(13-10)6-5-11/h2-4,16H,6H2,1H3. The zero-order valence-electron chi connectivity index (χ0n) is 9.03. The Morgan fingerprint density at radius 1 is 1.53 bits per heavy atom. The third-order valence-corrected chi connectivity index (χ3v) is 2.12. The molecule has 17 heavy (non-hydrogen) atoms. The predicted molar refractivity (Wildman–Crippen MR) is 57.1 cm³/mol. The summed E-state index contributed by atoms with van der Waals surface area (Å²) in [6, 6.07) is 6.87. The minimum absolute atomic E-state index is 0.0116. The van der Waals surface area contributed by atoms with Crippen molar-refractivity contribution < 1.29 is 9.84 Å². The molecule has 7 nitrogen and oxygen atoms in total. The molecule has 0 bridgehead atoms. The Kier molecular flexibility index (Phi) is 2.87. The van der Waals surface area contributed by atoms with Crippen molar-refractivity contribution in [3.8, 4) is 29.0 Å². The van der Waals surface area contributed by atoms with Crippen molar-refractivity contribution in [3.05, 3.63) is 18.2 Å². The lowest BCUT2D eigenvalue weighted by Crippen LogP contribution is -1.99. The van der Waals surface area contributed by atoms with E-state index in [9.17, 15) is 5.11 Å². The fourth-order valence-electron chi connectivity index (χ4n) is 1.35. The summed E-state index contributed by atoms with van der Waals surface area (Å²) in [6.45, 7) is 0.0116. The minimum Gasteiger partial charge on any atom is -0.504 e. The topological polar surface area (TPSA) is 96.9 Å². The van der Waals surface area contributed by atoms with Crippen LogP contribution in [0.2, 0.25) is 0 Å². The van der Waals surface area contributed by atoms with Crippen LogP contribution in [-0.2, 0) is 6.54 Å². The number of phenols is 1. The number of hydrogen-bond acceptors (Lipinski definition) is 6. The monoisotopic (exact) mass is 231 g/mol. The molecular formula is C10H9N5O2. The van der Waals surface area contributed by atoms with E-state index in [1.54, 1.807) is 18.2 Å². The Labute approximate surface area is 96.9 Å². The number of tetrazole rings is 1. The summed E-state index contributed by atoms with van der Waals surface area (Å²) in [7, 11) is 1.46. The van der Waals surface area contributed by atoms with Crippen LogP contribution in [0.15, 0.2) is 18.2 Å². The van der Waals surface area contributed by atoms with Gasteiger partial charge in [0.25, 0.3) is 0 Å². The number of nitrogens with zero attached hydrogens (tertiary/aromatic N) is 5. The summed E-state index contributed by atoms with van der Waals surface area (Å²) in [4.78, 5) is 1.15.